The molecule has 0 heterocycles. The summed E-state index contributed by atoms with van der Waals surface area (Å²) in [6, 6.07) is -0.104. The van der Waals surface area contributed by atoms with Crippen molar-refractivity contribution in [3.05, 3.63) is 0 Å². The minimum atomic E-state index is -4.14. The van der Waals surface area contributed by atoms with Gasteiger partial charge in [0.2, 0.25) is 13.6 Å². The second-order valence-corrected chi connectivity index (χ2v) is 7.25. The molecule has 1 saturated carbocycles. The molecular formula is C9H19NO5P2. The molecule has 8 heteroatoms. The van der Waals surface area contributed by atoms with Gasteiger partial charge in [-0.3, -0.25) is 9.56 Å². The van der Waals surface area contributed by atoms with Gasteiger partial charge >= 0.3 is 7.60 Å². The SMILES string of the molecule is COP(=O)(O)C(=NC1CCCCCC1)P(O)O. The molecule has 1 rings (SSSR count). The van der Waals surface area contributed by atoms with E-state index < -0.39 is 21.2 Å². The Morgan fingerprint density at radius 1 is 1.29 bits per heavy atom. The molecule has 1 atom stereocenters. The Labute approximate surface area is 102 Å². The zero-order valence-electron chi connectivity index (χ0n) is 9.82. The Morgan fingerprint density at radius 2 is 1.82 bits per heavy atom. The zero-order chi connectivity index (χ0) is 12.9. The Kier molecular flexibility index (Phi) is 6.21. The smallest absolute Gasteiger partial charge is 0.345 e. The summed E-state index contributed by atoms with van der Waals surface area (Å²) in [4.78, 5) is 31.8. The third kappa shape index (κ3) is 4.74. The van der Waals surface area contributed by atoms with Gasteiger partial charge in [0.25, 0.3) is 0 Å². The topological polar surface area (TPSA) is 99.4 Å². The summed E-state index contributed by atoms with van der Waals surface area (Å²) in [6.45, 7) is 0. The molecule has 1 fully saturated rings. The lowest BCUT2D eigenvalue weighted by atomic mass is 10.1. The van der Waals surface area contributed by atoms with Crippen molar-refractivity contribution in [2.45, 2.75) is 44.6 Å². The maximum absolute atomic E-state index is 11.6. The second-order valence-electron chi connectivity index (χ2n) is 4.07. The molecule has 17 heavy (non-hydrogen) atoms. The van der Waals surface area contributed by atoms with E-state index >= 15 is 0 Å². The quantitative estimate of drug-likeness (QED) is 0.417. The number of hydrogen-bond acceptors (Lipinski definition) is 5. The van der Waals surface area contributed by atoms with Gasteiger partial charge in [0.05, 0.1) is 6.04 Å². The molecule has 0 aliphatic heterocycles. The lowest BCUT2D eigenvalue weighted by molar-refractivity contribution is 0.331. The molecule has 0 bridgehead atoms. The van der Waals surface area contributed by atoms with Crippen molar-refractivity contribution >= 4 is 21.2 Å². The summed E-state index contributed by atoms with van der Waals surface area (Å²) >= 11 is 0. The highest BCUT2D eigenvalue weighted by Gasteiger charge is 2.33. The molecule has 1 unspecified atom stereocenters. The van der Waals surface area contributed by atoms with Crippen LogP contribution in [0, 0.1) is 0 Å². The normalized spacial score (nSPS) is 23.5. The highest BCUT2D eigenvalue weighted by atomic mass is 31.2. The van der Waals surface area contributed by atoms with Gasteiger partial charge in [-0.05, 0) is 12.8 Å². The minimum absolute atomic E-state index is 0.104. The largest absolute Gasteiger partial charge is 0.381 e. The van der Waals surface area contributed by atoms with E-state index in [1.54, 1.807) is 0 Å². The second kappa shape index (κ2) is 6.93. The van der Waals surface area contributed by atoms with Crippen LogP contribution in [-0.2, 0) is 9.09 Å². The fourth-order valence-corrected chi connectivity index (χ4v) is 3.76. The Bertz CT molecular complexity index is 313. The van der Waals surface area contributed by atoms with Crippen molar-refractivity contribution in [3.8, 4) is 0 Å². The Morgan fingerprint density at radius 3 is 2.24 bits per heavy atom. The maximum Gasteiger partial charge on any atom is 0.381 e. The van der Waals surface area contributed by atoms with Crippen molar-refractivity contribution in [3.63, 3.8) is 0 Å². The molecule has 1 aliphatic rings. The summed E-state index contributed by atoms with van der Waals surface area (Å²) in [7, 11) is -5.76. The molecule has 100 valence electrons. The molecule has 0 aromatic heterocycles. The van der Waals surface area contributed by atoms with Crippen LogP contribution in [0.1, 0.15) is 38.5 Å². The van der Waals surface area contributed by atoms with E-state index in [4.69, 9.17) is 9.79 Å². The third-order valence-electron chi connectivity index (χ3n) is 2.80. The van der Waals surface area contributed by atoms with Gasteiger partial charge in [-0.2, -0.15) is 0 Å². The summed E-state index contributed by atoms with van der Waals surface area (Å²) < 4.78 is 16.0. The molecule has 1 aliphatic carbocycles. The molecule has 0 spiro atoms. The average Bonchev–Trinajstić information content (AvgIpc) is 2.53. The molecular weight excluding hydrogens is 264 g/mol. The van der Waals surface area contributed by atoms with Gasteiger partial charge in [0.1, 0.15) is 0 Å². The van der Waals surface area contributed by atoms with Crippen LogP contribution in [0.2, 0.25) is 0 Å². The first-order valence-corrected chi connectivity index (χ1v) is 8.44. The van der Waals surface area contributed by atoms with Crippen LogP contribution in [-0.4, -0.2) is 33.0 Å². The van der Waals surface area contributed by atoms with Crippen LogP contribution in [0.5, 0.6) is 0 Å². The minimum Gasteiger partial charge on any atom is -0.345 e. The van der Waals surface area contributed by atoms with E-state index in [2.05, 4.69) is 9.52 Å². The first-order valence-electron chi connectivity index (χ1n) is 5.62. The summed E-state index contributed by atoms with van der Waals surface area (Å²) in [5.41, 5.74) is 0. The first kappa shape index (κ1) is 15.2. The van der Waals surface area contributed by atoms with Crippen molar-refractivity contribution in [1.82, 2.24) is 0 Å². The van der Waals surface area contributed by atoms with Crippen molar-refractivity contribution < 1.29 is 23.8 Å². The predicted octanol–water partition coefficient (Wildman–Crippen LogP) is 2.19. The fraction of sp³-hybridized carbons (Fsp3) is 0.889. The molecule has 0 amide bonds. The van der Waals surface area contributed by atoms with Crippen molar-refractivity contribution in [2.24, 2.45) is 4.99 Å². The van der Waals surface area contributed by atoms with E-state index in [0.29, 0.717) is 0 Å². The van der Waals surface area contributed by atoms with E-state index in [1.165, 1.54) is 0 Å². The zero-order valence-corrected chi connectivity index (χ0v) is 11.6. The van der Waals surface area contributed by atoms with Gasteiger partial charge in [-0.1, -0.05) is 25.7 Å². The van der Waals surface area contributed by atoms with Gasteiger partial charge in [0.15, 0.2) is 0 Å². The van der Waals surface area contributed by atoms with Crippen LogP contribution >= 0.6 is 16.0 Å². The maximum atomic E-state index is 11.6. The van der Waals surface area contributed by atoms with Gasteiger partial charge in [0, 0.05) is 7.11 Å². The van der Waals surface area contributed by atoms with Crippen LogP contribution in [0.3, 0.4) is 0 Å². The molecule has 3 N–H and O–H groups in total. The lowest BCUT2D eigenvalue weighted by Gasteiger charge is -2.16. The Balaban J connectivity index is 2.85. The van der Waals surface area contributed by atoms with Crippen molar-refractivity contribution in [2.75, 3.05) is 7.11 Å². The lowest BCUT2D eigenvalue weighted by Crippen LogP contribution is -2.08. The first-order chi connectivity index (χ1) is 7.97. The number of nitrogens with zero attached hydrogens (tertiary/aromatic N) is 1. The highest BCUT2D eigenvalue weighted by molar-refractivity contribution is 7.95. The van der Waals surface area contributed by atoms with Crippen LogP contribution < -0.4 is 0 Å². The van der Waals surface area contributed by atoms with Gasteiger partial charge < -0.3 is 19.2 Å². The molecule has 0 aromatic carbocycles. The van der Waals surface area contributed by atoms with E-state index in [-0.39, 0.29) is 6.04 Å². The number of rotatable bonds is 4. The van der Waals surface area contributed by atoms with Gasteiger partial charge in [-0.15, -0.1) is 0 Å². The van der Waals surface area contributed by atoms with Crippen molar-refractivity contribution in [1.29, 1.82) is 0 Å². The van der Waals surface area contributed by atoms with E-state index in [0.717, 1.165) is 45.6 Å². The Hall–Kier alpha value is 0.170. The van der Waals surface area contributed by atoms with Crippen LogP contribution in [0.15, 0.2) is 4.99 Å². The summed E-state index contributed by atoms with van der Waals surface area (Å²) in [5.74, 6) is 0. The standard InChI is InChI=1S/C9H19NO5P2/c1-15-17(13,14)9(16(11)12)10-8-6-4-2-3-5-7-8/h8,11-12H,2-7H2,1H3,(H,13,14). The molecule has 0 radical (unpaired) electrons. The number of hydrogen-bond donors (Lipinski definition) is 3. The average molecular weight is 283 g/mol. The monoisotopic (exact) mass is 283 g/mol. The molecule has 0 aromatic rings. The summed E-state index contributed by atoms with van der Waals surface area (Å²) in [5, 5.41) is -0.484. The summed E-state index contributed by atoms with van der Waals surface area (Å²) in [6.07, 6.45) is 5.93. The molecule has 6 nitrogen and oxygen atoms in total. The predicted molar refractivity (Wildman–Crippen MR) is 67.1 cm³/mol. The molecule has 0 saturated heterocycles. The third-order valence-corrected chi connectivity index (χ3v) is 5.69. The fourth-order valence-electron chi connectivity index (χ4n) is 1.87. The van der Waals surface area contributed by atoms with Crippen LogP contribution in [0.4, 0.5) is 0 Å². The van der Waals surface area contributed by atoms with Gasteiger partial charge in [-0.25, -0.2) is 0 Å². The van der Waals surface area contributed by atoms with E-state index in [1.807, 2.05) is 0 Å². The van der Waals surface area contributed by atoms with E-state index in [9.17, 15) is 9.46 Å². The highest BCUT2D eigenvalue weighted by Crippen LogP contribution is 2.54. The number of aliphatic imine (C=N–C) groups is 1. The van der Waals surface area contributed by atoms with Crippen LogP contribution in [0.25, 0.3) is 0 Å².